The van der Waals surface area contributed by atoms with E-state index in [0.717, 1.165) is 0 Å². The topological polar surface area (TPSA) is 26.3 Å². The smallest absolute Gasteiger partial charge is 0.312 e. The molecule has 0 amide bonds. The van der Waals surface area contributed by atoms with Crippen LogP contribution in [0.15, 0.2) is 24.3 Å². The molecule has 15 heavy (non-hydrogen) atoms. The van der Waals surface area contributed by atoms with Gasteiger partial charge in [0.15, 0.2) is 0 Å². The first kappa shape index (κ1) is 12.3. The third-order valence-corrected chi connectivity index (χ3v) is 2.00. The second kappa shape index (κ2) is 4.86. The molecule has 0 unspecified atom stereocenters. The molecule has 0 bridgehead atoms. The molecule has 0 aliphatic rings. The lowest BCUT2D eigenvalue weighted by molar-refractivity contribution is -0.134. The van der Waals surface area contributed by atoms with Crippen molar-refractivity contribution in [1.82, 2.24) is 0 Å². The quantitative estimate of drug-likeness (QED) is 0.463. The van der Waals surface area contributed by atoms with Gasteiger partial charge in [0, 0.05) is 9.90 Å². The second-order valence-electron chi connectivity index (χ2n) is 3.82. The molecule has 0 atom stereocenters. The van der Waals surface area contributed by atoms with Crippen molar-refractivity contribution in [2.45, 2.75) is 25.1 Å². The maximum Gasteiger partial charge on any atom is 0.312 e. The van der Waals surface area contributed by atoms with Crippen molar-refractivity contribution in [2.24, 2.45) is 0 Å². The number of esters is 1. The Kier molecular flexibility index (Phi) is 4.00. The fraction of sp³-hybridized carbons (Fsp3) is 0.364. The molecule has 0 aliphatic carbocycles. The molecule has 1 aromatic carbocycles. The highest BCUT2D eigenvalue weighted by Gasteiger charge is 2.19. The summed E-state index contributed by atoms with van der Waals surface area (Å²) >= 11 is 11.6. The number of rotatable bonds is 3. The van der Waals surface area contributed by atoms with Crippen LogP contribution in [-0.2, 0) is 4.79 Å². The zero-order valence-electron chi connectivity index (χ0n) is 8.59. The van der Waals surface area contributed by atoms with Crippen molar-refractivity contribution in [1.29, 1.82) is 0 Å². The van der Waals surface area contributed by atoms with Gasteiger partial charge in [-0.05, 0) is 38.1 Å². The lowest BCUT2D eigenvalue weighted by Gasteiger charge is -2.13. The number of hydrogen-bond donors (Lipinski definition) is 0. The van der Waals surface area contributed by atoms with Gasteiger partial charge in [-0.25, -0.2) is 0 Å². The monoisotopic (exact) mass is 246 g/mol. The molecule has 2 nitrogen and oxygen atoms in total. The third kappa shape index (κ3) is 5.05. The molecule has 0 fully saturated rings. The van der Waals surface area contributed by atoms with E-state index in [-0.39, 0.29) is 12.4 Å². The minimum Gasteiger partial charge on any atom is -0.426 e. The molecule has 0 saturated heterocycles. The zero-order valence-corrected chi connectivity index (χ0v) is 10.1. The molecule has 4 heteroatoms. The summed E-state index contributed by atoms with van der Waals surface area (Å²) in [7, 11) is 0. The van der Waals surface area contributed by atoms with Gasteiger partial charge in [0.05, 0.1) is 6.42 Å². The van der Waals surface area contributed by atoms with Crippen LogP contribution in [0.5, 0.6) is 5.75 Å². The maximum atomic E-state index is 11.4. The summed E-state index contributed by atoms with van der Waals surface area (Å²) in [5, 5.41) is 0.604. The fourth-order valence-electron chi connectivity index (χ4n) is 1.01. The van der Waals surface area contributed by atoms with Crippen molar-refractivity contribution >= 4 is 29.2 Å². The van der Waals surface area contributed by atoms with Crippen LogP contribution < -0.4 is 4.74 Å². The predicted octanol–water partition coefficient (Wildman–Crippen LogP) is 3.65. The van der Waals surface area contributed by atoms with E-state index in [1.54, 1.807) is 38.1 Å². The van der Waals surface area contributed by atoms with Gasteiger partial charge in [0.1, 0.15) is 5.75 Å². The maximum absolute atomic E-state index is 11.4. The van der Waals surface area contributed by atoms with Gasteiger partial charge < -0.3 is 4.74 Å². The van der Waals surface area contributed by atoms with E-state index < -0.39 is 4.87 Å². The predicted molar refractivity (Wildman–Crippen MR) is 61.6 cm³/mol. The molecule has 1 rings (SSSR count). The van der Waals surface area contributed by atoms with Gasteiger partial charge >= 0.3 is 5.97 Å². The highest BCUT2D eigenvalue weighted by Crippen LogP contribution is 2.20. The molecule has 1 aromatic rings. The fourth-order valence-corrected chi connectivity index (χ4v) is 1.25. The van der Waals surface area contributed by atoms with Crippen molar-refractivity contribution in [3.63, 3.8) is 0 Å². The molecule has 0 spiro atoms. The number of hydrogen-bond acceptors (Lipinski definition) is 2. The molecule has 0 aliphatic heterocycles. The first-order valence-electron chi connectivity index (χ1n) is 4.52. The summed E-state index contributed by atoms with van der Waals surface area (Å²) < 4.78 is 5.06. The van der Waals surface area contributed by atoms with Gasteiger partial charge in [-0.3, -0.25) is 4.79 Å². The van der Waals surface area contributed by atoms with Crippen LogP contribution in [0, 0.1) is 0 Å². The number of halogens is 2. The molecule has 0 heterocycles. The summed E-state index contributed by atoms with van der Waals surface area (Å²) in [5.74, 6) is 0.127. The Morgan fingerprint density at radius 2 is 1.87 bits per heavy atom. The van der Waals surface area contributed by atoms with Gasteiger partial charge in [0.25, 0.3) is 0 Å². The Labute approximate surface area is 99.1 Å². The SMILES string of the molecule is CC(C)(Cl)CC(=O)Oc1ccc(Cl)cc1. The summed E-state index contributed by atoms with van der Waals surface area (Å²) in [6.45, 7) is 3.52. The van der Waals surface area contributed by atoms with Gasteiger partial charge in [0.2, 0.25) is 0 Å². The average Bonchev–Trinajstić information content (AvgIpc) is 2.05. The van der Waals surface area contributed by atoms with Gasteiger partial charge in [-0.15, -0.1) is 11.6 Å². The number of carbonyl (C=O) groups excluding carboxylic acids is 1. The lowest BCUT2D eigenvalue weighted by Crippen LogP contribution is -2.20. The second-order valence-corrected chi connectivity index (χ2v) is 5.28. The Balaban J connectivity index is 2.55. The van der Waals surface area contributed by atoms with Crippen LogP contribution >= 0.6 is 23.2 Å². The normalized spacial score (nSPS) is 11.2. The van der Waals surface area contributed by atoms with E-state index in [1.807, 2.05) is 0 Å². The standard InChI is InChI=1S/C11H12Cl2O2/c1-11(2,13)7-10(14)15-9-5-3-8(12)4-6-9/h3-6H,7H2,1-2H3. The van der Waals surface area contributed by atoms with Crippen molar-refractivity contribution in [3.8, 4) is 5.75 Å². The minimum absolute atomic E-state index is 0.164. The lowest BCUT2D eigenvalue weighted by atomic mass is 10.1. The molecular formula is C11H12Cl2O2. The Hall–Kier alpha value is -0.730. The van der Waals surface area contributed by atoms with E-state index in [4.69, 9.17) is 27.9 Å². The molecule has 0 N–H and O–H groups in total. The average molecular weight is 247 g/mol. The van der Waals surface area contributed by atoms with Crippen LogP contribution in [-0.4, -0.2) is 10.8 Å². The van der Waals surface area contributed by atoms with Crippen molar-refractivity contribution in [2.75, 3.05) is 0 Å². The Bertz CT molecular complexity index is 339. The van der Waals surface area contributed by atoms with Crippen LogP contribution in [0.1, 0.15) is 20.3 Å². The number of alkyl halides is 1. The summed E-state index contributed by atoms with van der Waals surface area (Å²) in [6.07, 6.45) is 0.164. The van der Waals surface area contributed by atoms with E-state index in [2.05, 4.69) is 0 Å². The van der Waals surface area contributed by atoms with Crippen LogP contribution in [0.2, 0.25) is 5.02 Å². The van der Waals surface area contributed by atoms with Crippen LogP contribution in [0.4, 0.5) is 0 Å². The Morgan fingerprint density at radius 3 is 2.33 bits per heavy atom. The molecule has 0 radical (unpaired) electrons. The highest BCUT2D eigenvalue weighted by molar-refractivity contribution is 6.30. The van der Waals surface area contributed by atoms with Crippen molar-refractivity contribution < 1.29 is 9.53 Å². The van der Waals surface area contributed by atoms with Gasteiger partial charge in [-0.1, -0.05) is 11.6 Å². The van der Waals surface area contributed by atoms with E-state index in [9.17, 15) is 4.79 Å². The van der Waals surface area contributed by atoms with Crippen molar-refractivity contribution in [3.05, 3.63) is 29.3 Å². The largest absolute Gasteiger partial charge is 0.426 e. The number of carbonyl (C=O) groups is 1. The minimum atomic E-state index is -0.580. The van der Waals surface area contributed by atoms with E-state index in [1.165, 1.54) is 0 Å². The zero-order chi connectivity index (χ0) is 11.5. The first-order chi connectivity index (χ1) is 6.87. The molecular weight excluding hydrogens is 235 g/mol. The van der Waals surface area contributed by atoms with Gasteiger partial charge in [-0.2, -0.15) is 0 Å². The third-order valence-electron chi connectivity index (χ3n) is 1.61. The first-order valence-corrected chi connectivity index (χ1v) is 5.27. The highest BCUT2D eigenvalue weighted by atomic mass is 35.5. The van der Waals surface area contributed by atoms with Crippen LogP contribution in [0.25, 0.3) is 0 Å². The number of benzene rings is 1. The molecule has 0 aromatic heterocycles. The summed E-state index contributed by atoms with van der Waals surface area (Å²) in [4.78, 5) is 10.8. The van der Waals surface area contributed by atoms with Crippen LogP contribution in [0.3, 0.4) is 0 Å². The molecule has 0 saturated carbocycles. The molecule has 82 valence electrons. The summed E-state index contributed by atoms with van der Waals surface area (Å²) in [6, 6.07) is 6.61. The Morgan fingerprint density at radius 1 is 1.33 bits per heavy atom. The summed E-state index contributed by atoms with van der Waals surface area (Å²) in [5.41, 5.74) is 0. The van der Waals surface area contributed by atoms with E-state index >= 15 is 0 Å². The van der Waals surface area contributed by atoms with E-state index in [0.29, 0.717) is 10.8 Å². The number of ether oxygens (including phenoxy) is 1.